The minimum absolute atomic E-state index is 0.0484. The zero-order valence-corrected chi connectivity index (χ0v) is 25.7. The molecule has 0 radical (unpaired) electrons. The second kappa shape index (κ2) is 21.6. The van der Waals surface area contributed by atoms with Gasteiger partial charge in [-0.1, -0.05) is 141 Å². The second-order valence-corrected chi connectivity index (χ2v) is 13.0. The van der Waals surface area contributed by atoms with Crippen LogP contribution < -0.4 is 0 Å². The summed E-state index contributed by atoms with van der Waals surface area (Å²) < 4.78 is 28.5. The van der Waals surface area contributed by atoms with Gasteiger partial charge in [0.1, 0.15) is 5.02 Å². The molecular weight excluding hydrogens is 520 g/mol. The fraction of sp³-hybridized carbons (Fsp3) is 0.800. The molecular formula is C30H53ClN2O4S. The fourth-order valence-electron chi connectivity index (χ4n) is 4.85. The van der Waals surface area contributed by atoms with E-state index in [4.69, 9.17) is 11.6 Å². The Kier molecular flexibility index (Phi) is 19.8. The number of nitro groups is 1. The fourth-order valence-corrected chi connectivity index (χ4v) is 6.57. The third-order valence-electron chi connectivity index (χ3n) is 7.27. The van der Waals surface area contributed by atoms with E-state index in [1.165, 1.54) is 106 Å². The summed E-state index contributed by atoms with van der Waals surface area (Å²) in [5.41, 5.74) is -0.370. The molecule has 1 rings (SSSR count). The van der Waals surface area contributed by atoms with Crippen LogP contribution in [0, 0.1) is 10.1 Å². The third-order valence-corrected chi connectivity index (χ3v) is 9.49. The first-order valence-corrected chi connectivity index (χ1v) is 17.1. The van der Waals surface area contributed by atoms with Crippen molar-refractivity contribution in [2.45, 2.75) is 147 Å². The Morgan fingerprint density at radius 2 is 1.05 bits per heavy atom. The first-order valence-electron chi connectivity index (χ1n) is 15.3. The van der Waals surface area contributed by atoms with Crippen LogP contribution in [0.2, 0.25) is 5.02 Å². The minimum atomic E-state index is -3.82. The maximum atomic E-state index is 13.5. The van der Waals surface area contributed by atoms with Crippen molar-refractivity contribution in [3.05, 3.63) is 33.3 Å². The minimum Gasteiger partial charge on any atom is -0.258 e. The van der Waals surface area contributed by atoms with E-state index >= 15 is 0 Å². The van der Waals surface area contributed by atoms with E-state index in [0.29, 0.717) is 13.1 Å². The monoisotopic (exact) mass is 572 g/mol. The number of halogens is 1. The molecule has 1 aromatic carbocycles. The molecule has 0 fully saturated rings. The highest BCUT2D eigenvalue weighted by Gasteiger charge is 2.26. The Morgan fingerprint density at radius 3 is 1.42 bits per heavy atom. The lowest BCUT2D eigenvalue weighted by Gasteiger charge is -2.22. The van der Waals surface area contributed by atoms with E-state index in [1.807, 2.05) is 0 Å². The van der Waals surface area contributed by atoms with Gasteiger partial charge in [-0.05, 0) is 25.0 Å². The molecule has 0 bridgehead atoms. The molecule has 0 atom stereocenters. The van der Waals surface area contributed by atoms with Crippen molar-refractivity contribution in [1.29, 1.82) is 0 Å². The Hall–Kier alpha value is -1.18. The van der Waals surface area contributed by atoms with Gasteiger partial charge in [0.05, 0.1) is 9.82 Å². The summed E-state index contributed by atoms with van der Waals surface area (Å²) in [6, 6.07) is 3.79. The summed E-state index contributed by atoms with van der Waals surface area (Å²) in [7, 11) is -3.82. The summed E-state index contributed by atoms with van der Waals surface area (Å²) in [4.78, 5) is 10.6. The first kappa shape index (κ1) is 34.8. The maximum absolute atomic E-state index is 13.5. The highest BCUT2D eigenvalue weighted by molar-refractivity contribution is 7.89. The molecule has 38 heavy (non-hydrogen) atoms. The molecule has 0 aliphatic carbocycles. The molecule has 0 aliphatic heterocycles. The van der Waals surface area contributed by atoms with E-state index in [0.717, 1.165) is 44.6 Å². The molecule has 220 valence electrons. The van der Waals surface area contributed by atoms with Crippen LogP contribution in [0.5, 0.6) is 0 Å². The number of unbranched alkanes of at least 4 members (excludes halogenated alkanes) is 18. The van der Waals surface area contributed by atoms with Crippen LogP contribution in [0.4, 0.5) is 5.69 Å². The molecule has 1 aromatic rings. The van der Waals surface area contributed by atoms with Crippen molar-refractivity contribution in [2.24, 2.45) is 0 Å². The van der Waals surface area contributed by atoms with E-state index < -0.39 is 14.9 Å². The van der Waals surface area contributed by atoms with Gasteiger partial charge in [-0.3, -0.25) is 10.1 Å². The number of hydrogen-bond acceptors (Lipinski definition) is 4. The summed E-state index contributed by atoms with van der Waals surface area (Å²) in [6.45, 7) is 5.36. The maximum Gasteiger partial charge on any atom is 0.289 e. The standard InChI is InChI=1S/C30H53ClN2O4S/c1-3-5-7-9-11-13-15-17-19-21-25-32(26-22-20-18-16-14-12-10-8-6-4-2)38(36,37)28-23-24-29(31)30(27-28)33(34)35/h23-24,27H,3-22,25-26H2,1-2H3. The van der Waals surface area contributed by atoms with Crippen molar-refractivity contribution < 1.29 is 13.3 Å². The normalized spacial score (nSPS) is 11.9. The lowest BCUT2D eigenvalue weighted by molar-refractivity contribution is -0.384. The van der Waals surface area contributed by atoms with Gasteiger partial charge in [0, 0.05) is 19.2 Å². The number of nitro benzene ring substituents is 1. The SMILES string of the molecule is CCCCCCCCCCCCN(CCCCCCCCCCCC)S(=O)(=O)c1ccc(Cl)c([N+](=O)[O-])c1. The van der Waals surface area contributed by atoms with Gasteiger partial charge in [0.15, 0.2) is 0 Å². The summed E-state index contributed by atoms with van der Waals surface area (Å²) in [6.07, 6.45) is 23.8. The third kappa shape index (κ3) is 14.8. The highest BCUT2D eigenvalue weighted by atomic mass is 35.5. The average Bonchev–Trinajstić information content (AvgIpc) is 2.89. The van der Waals surface area contributed by atoms with Crippen molar-refractivity contribution in [2.75, 3.05) is 13.1 Å². The Bertz CT molecular complexity index is 840. The van der Waals surface area contributed by atoms with Crippen LogP contribution in [0.25, 0.3) is 0 Å². The van der Waals surface area contributed by atoms with E-state index in [-0.39, 0.29) is 15.6 Å². The second-order valence-electron chi connectivity index (χ2n) is 10.6. The lowest BCUT2D eigenvalue weighted by Crippen LogP contribution is -2.33. The molecule has 0 amide bonds. The van der Waals surface area contributed by atoms with Crippen LogP contribution in [0.3, 0.4) is 0 Å². The van der Waals surface area contributed by atoms with E-state index in [2.05, 4.69) is 13.8 Å². The number of hydrogen-bond donors (Lipinski definition) is 0. The number of benzene rings is 1. The average molecular weight is 573 g/mol. The molecule has 0 N–H and O–H groups in total. The summed E-state index contributed by atoms with van der Waals surface area (Å²) >= 11 is 5.93. The predicted octanol–water partition coefficient (Wildman–Crippen LogP) is 10.1. The largest absolute Gasteiger partial charge is 0.289 e. The van der Waals surface area contributed by atoms with E-state index in [9.17, 15) is 18.5 Å². The molecule has 0 heterocycles. The van der Waals surface area contributed by atoms with Gasteiger partial charge in [0.25, 0.3) is 5.69 Å². The Morgan fingerprint density at radius 1 is 0.684 bits per heavy atom. The van der Waals surface area contributed by atoms with Gasteiger partial charge in [0.2, 0.25) is 10.0 Å². The molecule has 0 saturated heterocycles. The Labute approximate surface area is 238 Å². The summed E-state index contributed by atoms with van der Waals surface area (Å²) in [5.74, 6) is 0. The number of rotatable bonds is 25. The molecule has 0 aliphatic rings. The van der Waals surface area contributed by atoms with E-state index in [1.54, 1.807) is 0 Å². The van der Waals surface area contributed by atoms with Gasteiger partial charge >= 0.3 is 0 Å². The molecule has 8 heteroatoms. The number of nitrogens with zero attached hydrogens (tertiary/aromatic N) is 2. The highest BCUT2D eigenvalue weighted by Crippen LogP contribution is 2.29. The molecule has 0 saturated carbocycles. The van der Waals surface area contributed by atoms with Crippen molar-refractivity contribution >= 4 is 27.3 Å². The van der Waals surface area contributed by atoms with Crippen LogP contribution in [0.15, 0.2) is 23.1 Å². The van der Waals surface area contributed by atoms with Crippen LogP contribution in [0.1, 0.15) is 142 Å². The predicted molar refractivity (Wildman–Crippen MR) is 161 cm³/mol. The molecule has 6 nitrogen and oxygen atoms in total. The zero-order chi connectivity index (χ0) is 28.1. The van der Waals surface area contributed by atoms with Crippen molar-refractivity contribution in [3.8, 4) is 0 Å². The van der Waals surface area contributed by atoms with Gasteiger partial charge in [-0.25, -0.2) is 8.42 Å². The first-order chi connectivity index (χ1) is 18.3. The van der Waals surface area contributed by atoms with Crippen molar-refractivity contribution in [1.82, 2.24) is 4.31 Å². The number of sulfonamides is 1. The van der Waals surface area contributed by atoms with Crippen molar-refractivity contribution in [3.63, 3.8) is 0 Å². The molecule has 0 spiro atoms. The summed E-state index contributed by atoms with van der Waals surface area (Å²) in [5, 5.41) is 11.3. The van der Waals surface area contributed by atoms with Gasteiger partial charge in [-0.2, -0.15) is 4.31 Å². The topological polar surface area (TPSA) is 80.5 Å². The quantitative estimate of drug-likeness (QED) is 0.0662. The van der Waals surface area contributed by atoms with Crippen LogP contribution >= 0.6 is 11.6 Å². The molecule has 0 unspecified atom stereocenters. The van der Waals surface area contributed by atoms with Gasteiger partial charge in [-0.15, -0.1) is 0 Å². The smallest absolute Gasteiger partial charge is 0.258 e. The van der Waals surface area contributed by atoms with Crippen LogP contribution in [-0.2, 0) is 10.0 Å². The zero-order valence-electron chi connectivity index (χ0n) is 24.1. The van der Waals surface area contributed by atoms with Crippen LogP contribution in [-0.4, -0.2) is 30.7 Å². The molecule has 0 aromatic heterocycles. The van der Waals surface area contributed by atoms with Gasteiger partial charge < -0.3 is 0 Å². The Balaban J connectivity index is 2.58. The lowest BCUT2D eigenvalue weighted by atomic mass is 10.1.